The molecule has 0 saturated carbocycles. The molecule has 166 valence electrons. The van der Waals surface area contributed by atoms with Crippen molar-refractivity contribution in [3.05, 3.63) is 30.0 Å². The van der Waals surface area contributed by atoms with Gasteiger partial charge < -0.3 is 5.32 Å². The Morgan fingerprint density at radius 1 is 1.35 bits per heavy atom. The van der Waals surface area contributed by atoms with Crippen LogP contribution in [0.1, 0.15) is 44.0 Å². The van der Waals surface area contributed by atoms with Crippen molar-refractivity contribution in [2.75, 3.05) is 18.4 Å². The Hall–Kier alpha value is -2.58. The van der Waals surface area contributed by atoms with E-state index in [1.54, 1.807) is 0 Å². The first kappa shape index (κ1) is 21.6. The standard InChI is InChI=1S/C17H19F2N7O3S2/c1-9-3-4-25(31(28,29)14-6-20-17(30-14)23-10(2)27)7-11(9)13-5-12(15(18)19)24-16-21-8-22-26(13)16/h5-6,8-9,11,15H,3-4,7H2,1-2H3,(H,20,23,27)/t9-,11-/m0/s1. The summed E-state index contributed by atoms with van der Waals surface area (Å²) < 4.78 is 55.8. The van der Waals surface area contributed by atoms with Crippen molar-refractivity contribution in [3.8, 4) is 0 Å². The molecule has 4 heterocycles. The zero-order valence-electron chi connectivity index (χ0n) is 16.6. The summed E-state index contributed by atoms with van der Waals surface area (Å²) in [4.78, 5) is 22.9. The maximum Gasteiger partial charge on any atom is 0.280 e. The lowest BCUT2D eigenvalue weighted by Gasteiger charge is -2.36. The van der Waals surface area contributed by atoms with Crippen molar-refractivity contribution in [2.45, 2.75) is 36.8 Å². The number of fused-ring (bicyclic) bond motifs is 1. The Labute approximate surface area is 180 Å². The van der Waals surface area contributed by atoms with Gasteiger partial charge in [-0.3, -0.25) is 4.79 Å². The molecule has 1 aliphatic rings. The molecular formula is C17H19F2N7O3S2. The molecular weight excluding hydrogens is 452 g/mol. The zero-order valence-corrected chi connectivity index (χ0v) is 18.2. The third-order valence-electron chi connectivity index (χ3n) is 5.19. The first-order chi connectivity index (χ1) is 14.7. The zero-order chi connectivity index (χ0) is 22.3. The molecule has 1 aliphatic heterocycles. The highest BCUT2D eigenvalue weighted by atomic mass is 32.2. The fraction of sp³-hybridized carbons (Fsp3) is 0.471. The maximum atomic E-state index is 13.4. The lowest BCUT2D eigenvalue weighted by molar-refractivity contribution is -0.114. The first-order valence-electron chi connectivity index (χ1n) is 9.39. The highest BCUT2D eigenvalue weighted by Gasteiger charge is 2.37. The van der Waals surface area contributed by atoms with Crippen LogP contribution >= 0.6 is 11.3 Å². The molecule has 1 fully saturated rings. The Kier molecular flexibility index (Phi) is 5.70. The van der Waals surface area contributed by atoms with Crippen molar-refractivity contribution in [2.24, 2.45) is 5.92 Å². The molecule has 1 N–H and O–H groups in total. The summed E-state index contributed by atoms with van der Waals surface area (Å²) in [5.74, 6) is -0.684. The number of anilines is 1. The summed E-state index contributed by atoms with van der Waals surface area (Å²) in [6.45, 7) is 3.61. The van der Waals surface area contributed by atoms with Crippen LogP contribution in [-0.4, -0.2) is 56.3 Å². The predicted octanol–water partition coefficient (Wildman–Crippen LogP) is 2.29. The van der Waals surface area contributed by atoms with Gasteiger partial charge in [-0.1, -0.05) is 18.3 Å². The van der Waals surface area contributed by atoms with Gasteiger partial charge in [-0.15, -0.1) is 0 Å². The molecule has 0 unspecified atom stereocenters. The van der Waals surface area contributed by atoms with Gasteiger partial charge in [-0.25, -0.2) is 31.7 Å². The second kappa shape index (κ2) is 8.16. The summed E-state index contributed by atoms with van der Waals surface area (Å²) in [6.07, 6.45) is 0.173. The molecule has 3 aromatic rings. The minimum atomic E-state index is -3.88. The normalized spacial score (nSPS) is 20.4. The summed E-state index contributed by atoms with van der Waals surface area (Å²) >= 11 is 0.861. The molecule has 0 aliphatic carbocycles. The topological polar surface area (TPSA) is 122 Å². The van der Waals surface area contributed by atoms with Crippen molar-refractivity contribution >= 4 is 38.2 Å². The third-order valence-corrected chi connectivity index (χ3v) is 8.40. The Morgan fingerprint density at radius 2 is 2.13 bits per heavy atom. The van der Waals surface area contributed by atoms with Gasteiger partial charge in [-0.2, -0.15) is 14.4 Å². The number of nitrogens with one attached hydrogen (secondary N) is 1. The molecule has 10 nitrogen and oxygen atoms in total. The summed E-state index contributed by atoms with van der Waals surface area (Å²) in [5, 5.41) is 6.74. The number of aromatic nitrogens is 5. The molecule has 2 atom stereocenters. The number of hydrogen-bond donors (Lipinski definition) is 1. The highest BCUT2D eigenvalue weighted by Crippen LogP contribution is 2.36. The molecule has 0 aromatic carbocycles. The SMILES string of the molecule is CC(=O)Nc1ncc(S(=O)(=O)N2CC[C@H](C)[C@@H](c3cc(C(F)F)nc4ncnn34)C2)s1. The van der Waals surface area contributed by atoms with Crippen LogP contribution in [0.4, 0.5) is 13.9 Å². The monoisotopic (exact) mass is 471 g/mol. The van der Waals surface area contributed by atoms with Crippen LogP contribution in [0.3, 0.4) is 0 Å². The average molecular weight is 472 g/mol. The number of carbonyl (C=O) groups excluding carboxylic acids is 1. The van der Waals surface area contributed by atoms with E-state index in [-0.39, 0.29) is 40.0 Å². The van der Waals surface area contributed by atoms with Gasteiger partial charge >= 0.3 is 0 Å². The van der Waals surface area contributed by atoms with Crippen molar-refractivity contribution in [3.63, 3.8) is 0 Å². The minimum Gasteiger partial charge on any atom is -0.302 e. The number of rotatable bonds is 5. The maximum absolute atomic E-state index is 13.4. The fourth-order valence-electron chi connectivity index (χ4n) is 3.59. The Morgan fingerprint density at radius 3 is 2.84 bits per heavy atom. The summed E-state index contributed by atoms with van der Waals surface area (Å²) in [6, 6.07) is 1.27. The number of amides is 1. The van der Waals surface area contributed by atoms with Crippen molar-refractivity contribution in [1.82, 2.24) is 28.9 Å². The van der Waals surface area contributed by atoms with Gasteiger partial charge in [0.1, 0.15) is 12.0 Å². The van der Waals surface area contributed by atoms with Crippen molar-refractivity contribution < 1.29 is 22.0 Å². The third kappa shape index (κ3) is 4.14. The van der Waals surface area contributed by atoms with Crippen LogP contribution in [0.25, 0.3) is 5.78 Å². The van der Waals surface area contributed by atoms with Gasteiger partial charge in [-0.05, 0) is 18.4 Å². The van der Waals surface area contributed by atoms with Gasteiger partial charge in [0, 0.05) is 25.9 Å². The van der Waals surface area contributed by atoms with E-state index in [1.165, 1.54) is 34.3 Å². The van der Waals surface area contributed by atoms with E-state index >= 15 is 0 Å². The molecule has 0 bridgehead atoms. The summed E-state index contributed by atoms with van der Waals surface area (Å²) in [5.41, 5.74) is 0.0125. The molecule has 0 spiro atoms. The second-order valence-electron chi connectivity index (χ2n) is 7.28. The number of nitrogens with zero attached hydrogens (tertiary/aromatic N) is 6. The molecule has 4 rings (SSSR count). The number of sulfonamides is 1. The lowest BCUT2D eigenvalue weighted by atomic mass is 9.85. The largest absolute Gasteiger partial charge is 0.302 e. The van der Waals surface area contributed by atoms with Crippen LogP contribution in [0.15, 0.2) is 22.8 Å². The fourth-order valence-corrected chi connectivity index (χ4v) is 6.30. The number of thiazole rings is 1. The molecule has 1 amide bonds. The molecule has 14 heteroatoms. The van der Waals surface area contributed by atoms with E-state index in [0.29, 0.717) is 12.1 Å². The number of alkyl halides is 2. The minimum absolute atomic E-state index is 0.00143. The molecule has 0 radical (unpaired) electrons. The van der Waals surface area contributed by atoms with Crippen LogP contribution in [0, 0.1) is 5.92 Å². The van der Waals surface area contributed by atoms with E-state index in [0.717, 1.165) is 11.3 Å². The van der Waals surface area contributed by atoms with Gasteiger partial charge in [0.25, 0.3) is 22.2 Å². The van der Waals surface area contributed by atoms with Crippen molar-refractivity contribution in [1.29, 1.82) is 0 Å². The van der Waals surface area contributed by atoms with Crippen LogP contribution < -0.4 is 5.32 Å². The van der Waals surface area contributed by atoms with Gasteiger partial charge in [0.05, 0.1) is 11.9 Å². The van der Waals surface area contributed by atoms with Crippen LogP contribution in [0.2, 0.25) is 0 Å². The van der Waals surface area contributed by atoms with E-state index in [9.17, 15) is 22.0 Å². The Bertz CT molecular complexity index is 1230. The molecule has 1 saturated heterocycles. The first-order valence-corrected chi connectivity index (χ1v) is 11.6. The second-order valence-corrected chi connectivity index (χ2v) is 10.5. The smallest absolute Gasteiger partial charge is 0.280 e. The van der Waals surface area contributed by atoms with E-state index in [2.05, 4.69) is 25.4 Å². The number of halogens is 2. The summed E-state index contributed by atoms with van der Waals surface area (Å²) in [7, 11) is -3.88. The predicted molar refractivity (Wildman–Crippen MR) is 107 cm³/mol. The van der Waals surface area contributed by atoms with Crippen LogP contribution in [-0.2, 0) is 14.8 Å². The van der Waals surface area contributed by atoms with Gasteiger partial charge in [0.2, 0.25) is 5.91 Å². The van der Waals surface area contributed by atoms with E-state index in [4.69, 9.17) is 0 Å². The van der Waals surface area contributed by atoms with Crippen LogP contribution in [0.5, 0.6) is 0 Å². The molecule has 31 heavy (non-hydrogen) atoms. The average Bonchev–Trinajstić information content (AvgIpc) is 3.36. The van der Waals surface area contributed by atoms with E-state index in [1.807, 2.05) is 6.92 Å². The van der Waals surface area contributed by atoms with E-state index < -0.39 is 28.1 Å². The Balaban J connectivity index is 1.67. The van der Waals surface area contributed by atoms with Gasteiger partial charge in [0.15, 0.2) is 9.34 Å². The number of hydrogen-bond acceptors (Lipinski definition) is 8. The highest BCUT2D eigenvalue weighted by molar-refractivity contribution is 7.91. The molecule has 3 aromatic heterocycles. The number of carbonyl (C=O) groups is 1. The lowest BCUT2D eigenvalue weighted by Crippen LogP contribution is -2.42. The quantitative estimate of drug-likeness (QED) is 0.606. The number of piperidine rings is 1.